The van der Waals surface area contributed by atoms with Crippen molar-refractivity contribution in [1.29, 1.82) is 0 Å². The van der Waals surface area contributed by atoms with E-state index in [0.717, 1.165) is 18.2 Å². The molecule has 2 aromatic carbocycles. The van der Waals surface area contributed by atoms with Gasteiger partial charge in [0.15, 0.2) is 0 Å². The number of rotatable bonds is 5. The van der Waals surface area contributed by atoms with Crippen LogP contribution in [-0.2, 0) is 15.1 Å². The van der Waals surface area contributed by atoms with Crippen molar-refractivity contribution in [3.8, 4) is 0 Å². The molecule has 2 rings (SSSR count). The molecule has 1 atom stereocenters. The van der Waals surface area contributed by atoms with Crippen LogP contribution in [0.15, 0.2) is 66.2 Å². The van der Waals surface area contributed by atoms with Gasteiger partial charge in [0.25, 0.3) is 0 Å². The minimum absolute atomic E-state index is 0.117. The van der Waals surface area contributed by atoms with E-state index in [1.807, 2.05) is 0 Å². The van der Waals surface area contributed by atoms with E-state index in [1.54, 1.807) is 18.2 Å². The summed E-state index contributed by atoms with van der Waals surface area (Å²) in [6.45, 7) is 1.36. The Bertz CT molecular complexity index is 740. The summed E-state index contributed by atoms with van der Waals surface area (Å²) in [6, 6.07) is 14.4. The second kappa shape index (κ2) is 7.53. The van der Waals surface area contributed by atoms with Crippen LogP contribution in [0.2, 0.25) is 0 Å². The largest absolute Gasteiger partial charge is 0.463 e. The fourth-order valence-electron chi connectivity index (χ4n) is 2.39. The Morgan fingerprint density at radius 3 is 2.04 bits per heavy atom. The van der Waals surface area contributed by atoms with E-state index < -0.39 is 28.9 Å². The van der Waals surface area contributed by atoms with E-state index >= 15 is 0 Å². The van der Waals surface area contributed by atoms with Crippen molar-refractivity contribution >= 4 is 12.0 Å². The number of benzene rings is 2. The lowest BCUT2D eigenvalue weighted by Crippen LogP contribution is -2.46. The Labute approximate surface area is 143 Å². The van der Waals surface area contributed by atoms with Crippen molar-refractivity contribution in [3.05, 3.63) is 77.4 Å². The van der Waals surface area contributed by atoms with Gasteiger partial charge < -0.3 is 9.84 Å². The van der Waals surface area contributed by atoms with Gasteiger partial charge in [0.2, 0.25) is 5.60 Å². The van der Waals surface area contributed by atoms with Gasteiger partial charge in [-0.25, -0.2) is 4.79 Å². The Morgan fingerprint density at radius 1 is 1.04 bits per heavy atom. The average Bonchev–Trinajstić information content (AvgIpc) is 2.60. The zero-order valence-electron chi connectivity index (χ0n) is 13.5. The van der Waals surface area contributed by atoms with Crippen molar-refractivity contribution in [1.82, 2.24) is 0 Å². The molecule has 0 radical (unpaired) electrons. The monoisotopic (exact) mass is 350 g/mol. The number of hydrogen-bond acceptors (Lipinski definition) is 3. The van der Waals surface area contributed by atoms with Crippen LogP contribution in [0.1, 0.15) is 18.1 Å². The van der Waals surface area contributed by atoms with Crippen molar-refractivity contribution in [2.45, 2.75) is 18.7 Å². The molecule has 0 aliphatic rings. The van der Waals surface area contributed by atoms with Crippen molar-refractivity contribution in [2.75, 3.05) is 6.61 Å². The smallest absolute Gasteiger partial charge is 0.426 e. The second-order valence-electron chi connectivity index (χ2n) is 5.26. The summed E-state index contributed by atoms with van der Waals surface area (Å²) < 4.78 is 46.3. The van der Waals surface area contributed by atoms with Crippen LogP contribution in [0.3, 0.4) is 0 Å². The standard InChI is InChI=1S/C19H17F3O3/c1-2-25-17(23)16(13-14-9-5-3-6-10-14)18(24,19(20,21)22)15-11-7-4-8-12-15/h3-13,24H,2H2,1H3/b16-13+. The van der Waals surface area contributed by atoms with Gasteiger partial charge in [0.1, 0.15) is 0 Å². The number of hydrogen-bond donors (Lipinski definition) is 1. The molecule has 0 fully saturated rings. The molecule has 0 spiro atoms. The minimum atomic E-state index is -5.12. The fraction of sp³-hybridized carbons (Fsp3) is 0.211. The van der Waals surface area contributed by atoms with Crippen molar-refractivity contribution < 1.29 is 27.8 Å². The van der Waals surface area contributed by atoms with E-state index in [2.05, 4.69) is 0 Å². The lowest BCUT2D eigenvalue weighted by molar-refractivity contribution is -0.251. The van der Waals surface area contributed by atoms with Crippen LogP contribution < -0.4 is 0 Å². The summed E-state index contributed by atoms with van der Waals surface area (Å²) in [5, 5.41) is 10.6. The first-order valence-corrected chi connectivity index (χ1v) is 7.59. The molecular weight excluding hydrogens is 333 g/mol. The first kappa shape index (κ1) is 18.7. The first-order chi connectivity index (χ1) is 11.8. The van der Waals surface area contributed by atoms with Gasteiger partial charge in [-0.2, -0.15) is 13.2 Å². The lowest BCUT2D eigenvalue weighted by atomic mass is 9.84. The van der Waals surface area contributed by atoms with Crippen LogP contribution in [0.25, 0.3) is 6.08 Å². The van der Waals surface area contributed by atoms with Gasteiger partial charge in [-0.05, 0) is 24.1 Å². The van der Waals surface area contributed by atoms with Crippen molar-refractivity contribution in [2.24, 2.45) is 0 Å². The molecule has 2 aromatic rings. The second-order valence-corrected chi connectivity index (χ2v) is 5.26. The van der Waals surface area contributed by atoms with Crippen LogP contribution >= 0.6 is 0 Å². The number of esters is 1. The van der Waals surface area contributed by atoms with Gasteiger partial charge >= 0.3 is 12.1 Å². The maximum absolute atomic E-state index is 13.8. The van der Waals surface area contributed by atoms with Crippen molar-refractivity contribution in [3.63, 3.8) is 0 Å². The molecule has 25 heavy (non-hydrogen) atoms. The van der Waals surface area contributed by atoms with Crippen LogP contribution in [0.5, 0.6) is 0 Å². The molecule has 0 saturated heterocycles. The number of aliphatic hydroxyl groups is 1. The molecule has 0 aromatic heterocycles. The molecule has 0 bridgehead atoms. The molecule has 0 amide bonds. The molecule has 132 valence electrons. The highest BCUT2D eigenvalue weighted by atomic mass is 19.4. The highest BCUT2D eigenvalue weighted by molar-refractivity contribution is 5.96. The minimum Gasteiger partial charge on any atom is -0.463 e. The molecule has 0 saturated carbocycles. The SMILES string of the molecule is CCOC(=O)/C(=C\c1ccccc1)C(O)(c1ccccc1)C(F)(F)F. The quantitative estimate of drug-likeness (QED) is 0.653. The molecule has 6 heteroatoms. The van der Waals surface area contributed by atoms with E-state index in [1.165, 1.54) is 37.3 Å². The Kier molecular flexibility index (Phi) is 5.64. The van der Waals surface area contributed by atoms with Gasteiger partial charge in [0, 0.05) is 0 Å². The summed E-state index contributed by atoms with van der Waals surface area (Å²) in [7, 11) is 0. The maximum Gasteiger partial charge on any atom is 0.426 e. The summed E-state index contributed by atoms with van der Waals surface area (Å²) >= 11 is 0. The topological polar surface area (TPSA) is 46.5 Å². The summed E-state index contributed by atoms with van der Waals surface area (Å²) in [5.74, 6) is -1.23. The third kappa shape index (κ3) is 3.91. The van der Waals surface area contributed by atoms with E-state index in [4.69, 9.17) is 4.74 Å². The molecule has 1 unspecified atom stereocenters. The molecule has 3 nitrogen and oxygen atoms in total. The average molecular weight is 350 g/mol. The number of carbonyl (C=O) groups excluding carboxylic acids is 1. The normalized spacial score (nSPS) is 14.7. The highest BCUT2D eigenvalue weighted by Crippen LogP contribution is 2.45. The zero-order valence-corrected chi connectivity index (χ0v) is 13.5. The summed E-state index contributed by atoms with van der Waals surface area (Å²) in [5.41, 5.74) is -4.50. The predicted molar refractivity (Wildman–Crippen MR) is 87.4 cm³/mol. The Hall–Kier alpha value is -2.60. The Balaban J connectivity index is 2.70. The third-order valence-electron chi connectivity index (χ3n) is 3.60. The van der Waals surface area contributed by atoms with Crippen LogP contribution in [0, 0.1) is 0 Å². The molecule has 0 aliphatic heterocycles. The van der Waals surface area contributed by atoms with E-state index in [0.29, 0.717) is 5.56 Å². The number of carbonyl (C=O) groups is 1. The lowest BCUT2D eigenvalue weighted by Gasteiger charge is -2.32. The van der Waals surface area contributed by atoms with Crippen LogP contribution in [0.4, 0.5) is 13.2 Å². The number of ether oxygens (including phenoxy) is 1. The third-order valence-corrected chi connectivity index (χ3v) is 3.60. The zero-order chi connectivity index (χ0) is 18.5. The van der Waals surface area contributed by atoms with Crippen LogP contribution in [-0.4, -0.2) is 23.9 Å². The van der Waals surface area contributed by atoms with Gasteiger partial charge in [-0.3, -0.25) is 0 Å². The van der Waals surface area contributed by atoms with E-state index in [9.17, 15) is 23.1 Å². The maximum atomic E-state index is 13.8. The molecule has 0 aliphatic carbocycles. The number of alkyl halides is 3. The molecule has 0 heterocycles. The molecule has 1 N–H and O–H groups in total. The van der Waals surface area contributed by atoms with Gasteiger partial charge in [0.05, 0.1) is 12.2 Å². The van der Waals surface area contributed by atoms with Gasteiger partial charge in [-0.15, -0.1) is 0 Å². The number of halogens is 3. The Morgan fingerprint density at radius 2 is 1.56 bits per heavy atom. The summed E-state index contributed by atoms with van der Waals surface area (Å²) in [6.07, 6.45) is -4.12. The fourth-order valence-corrected chi connectivity index (χ4v) is 2.39. The molecular formula is C19H17F3O3. The highest BCUT2D eigenvalue weighted by Gasteiger charge is 2.59. The summed E-state index contributed by atoms with van der Waals surface area (Å²) in [4.78, 5) is 12.3. The predicted octanol–water partition coefficient (Wildman–Crippen LogP) is 4.08. The van der Waals surface area contributed by atoms with E-state index in [-0.39, 0.29) is 6.61 Å². The van der Waals surface area contributed by atoms with Gasteiger partial charge in [-0.1, -0.05) is 60.7 Å². The first-order valence-electron chi connectivity index (χ1n) is 7.59.